The normalized spacial score (nSPS) is 9.95. The van der Waals surface area contributed by atoms with E-state index in [-0.39, 0.29) is 5.97 Å². The number of benzene rings is 2. The summed E-state index contributed by atoms with van der Waals surface area (Å²) >= 11 is 0. The maximum Gasteiger partial charge on any atom is 0.337 e. The summed E-state index contributed by atoms with van der Waals surface area (Å²) in [4.78, 5) is 11.5. The molecule has 0 saturated carbocycles. The molecule has 0 amide bonds. The summed E-state index contributed by atoms with van der Waals surface area (Å²) in [5, 5.41) is 6.50. The topological polar surface area (TPSA) is 76.4 Å². The lowest BCUT2D eigenvalue weighted by atomic mass is 10.1. The summed E-state index contributed by atoms with van der Waals surface area (Å²) in [5.41, 5.74) is 8.76. The maximum atomic E-state index is 11.5. The Labute approximate surface area is 124 Å². The molecule has 0 heterocycles. The Morgan fingerprint density at radius 3 is 2.52 bits per heavy atom. The number of esters is 1. The first-order valence-corrected chi connectivity index (χ1v) is 6.71. The van der Waals surface area contributed by atoms with Gasteiger partial charge in [-0.1, -0.05) is 18.2 Å². The monoisotopic (exact) mass is 285 g/mol. The Bertz CT molecular complexity index is 600. The van der Waals surface area contributed by atoms with Crippen LogP contribution < -0.4 is 16.4 Å². The van der Waals surface area contributed by atoms with Crippen LogP contribution in [0.25, 0.3) is 0 Å². The first kappa shape index (κ1) is 14.7. The van der Waals surface area contributed by atoms with E-state index in [1.807, 2.05) is 30.3 Å². The molecule has 2 aromatic rings. The molecule has 0 atom stereocenters. The van der Waals surface area contributed by atoms with Crippen LogP contribution in [0.4, 0.5) is 17.1 Å². The van der Waals surface area contributed by atoms with Crippen LogP contribution in [0, 0.1) is 0 Å². The number of para-hydroxylation sites is 1. The standard InChI is InChI=1S/C16H19N3O2/c1-21-16(20)12-7-8-14(17)15(11-12)19-10-9-18-13-5-3-2-4-6-13/h2-8,11,18-19H,9-10,17H2,1H3. The number of carbonyl (C=O) groups excluding carboxylic acids is 1. The number of rotatable bonds is 6. The van der Waals surface area contributed by atoms with Crippen molar-refractivity contribution in [2.45, 2.75) is 0 Å². The van der Waals surface area contributed by atoms with E-state index in [1.165, 1.54) is 7.11 Å². The molecule has 0 fully saturated rings. The van der Waals surface area contributed by atoms with Gasteiger partial charge in [0.05, 0.1) is 24.0 Å². The predicted octanol–water partition coefficient (Wildman–Crippen LogP) is 2.58. The smallest absolute Gasteiger partial charge is 0.337 e. The van der Waals surface area contributed by atoms with Crippen molar-refractivity contribution in [2.24, 2.45) is 0 Å². The Kier molecular flexibility index (Phi) is 5.04. The Morgan fingerprint density at radius 2 is 1.81 bits per heavy atom. The number of anilines is 3. The molecule has 0 radical (unpaired) electrons. The SMILES string of the molecule is COC(=O)c1ccc(N)c(NCCNc2ccccc2)c1. The number of methoxy groups -OCH3 is 1. The molecule has 0 bridgehead atoms. The van der Waals surface area contributed by atoms with Crippen molar-refractivity contribution in [3.8, 4) is 0 Å². The molecule has 0 unspecified atom stereocenters. The molecule has 0 aliphatic carbocycles. The fraction of sp³-hybridized carbons (Fsp3) is 0.188. The second-order valence-electron chi connectivity index (χ2n) is 4.51. The van der Waals surface area contributed by atoms with Gasteiger partial charge in [-0.05, 0) is 30.3 Å². The lowest BCUT2D eigenvalue weighted by Crippen LogP contribution is -2.15. The third kappa shape index (κ3) is 4.14. The highest BCUT2D eigenvalue weighted by Crippen LogP contribution is 2.20. The molecule has 0 aromatic heterocycles. The summed E-state index contributed by atoms with van der Waals surface area (Å²) in [5.74, 6) is -0.375. The van der Waals surface area contributed by atoms with Crippen molar-refractivity contribution in [3.63, 3.8) is 0 Å². The summed E-state index contributed by atoms with van der Waals surface area (Å²) in [6.45, 7) is 1.43. The number of nitrogens with one attached hydrogen (secondary N) is 2. The van der Waals surface area contributed by atoms with Crippen molar-refractivity contribution < 1.29 is 9.53 Å². The molecule has 0 spiro atoms. The number of hydrogen-bond acceptors (Lipinski definition) is 5. The first-order valence-electron chi connectivity index (χ1n) is 6.71. The van der Waals surface area contributed by atoms with Crippen LogP contribution >= 0.6 is 0 Å². The fourth-order valence-corrected chi connectivity index (χ4v) is 1.91. The summed E-state index contributed by atoms with van der Waals surface area (Å²) in [7, 11) is 1.36. The van der Waals surface area contributed by atoms with E-state index >= 15 is 0 Å². The van der Waals surface area contributed by atoms with E-state index in [0.29, 0.717) is 17.8 Å². The van der Waals surface area contributed by atoms with Gasteiger partial charge in [0.25, 0.3) is 0 Å². The molecule has 0 saturated heterocycles. The molecule has 2 rings (SSSR count). The molecule has 4 N–H and O–H groups in total. The van der Waals surface area contributed by atoms with Crippen LogP contribution in [0.1, 0.15) is 10.4 Å². The maximum absolute atomic E-state index is 11.5. The highest BCUT2D eigenvalue weighted by molar-refractivity contribution is 5.91. The average molecular weight is 285 g/mol. The first-order chi connectivity index (χ1) is 10.2. The van der Waals surface area contributed by atoms with Crippen LogP contribution in [-0.4, -0.2) is 26.2 Å². The number of nitrogen functional groups attached to an aromatic ring is 1. The largest absolute Gasteiger partial charge is 0.465 e. The van der Waals surface area contributed by atoms with Gasteiger partial charge in [-0.15, -0.1) is 0 Å². The molecular weight excluding hydrogens is 266 g/mol. The fourth-order valence-electron chi connectivity index (χ4n) is 1.91. The van der Waals surface area contributed by atoms with E-state index < -0.39 is 0 Å². The number of nitrogens with two attached hydrogens (primary N) is 1. The molecule has 5 nitrogen and oxygen atoms in total. The number of hydrogen-bond donors (Lipinski definition) is 3. The van der Waals surface area contributed by atoms with Gasteiger partial charge in [0, 0.05) is 18.8 Å². The second kappa shape index (κ2) is 7.19. The van der Waals surface area contributed by atoms with Gasteiger partial charge in [-0.25, -0.2) is 4.79 Å². The minimum absolute atomic E-state index is 0.375. The summed E-state index contributed by atoms with van der Waals surface area (Å²) in [6, 6.07) is 15.0. The molecular formula is C16H19N3O2. The van der Waals surface area contributed by atoms with E-state index in [9.17, 15) is 4.79 Å². The van der Waals surface area contributed by atoms with Crippen LogP contribution in [0.2, 0.25) is 0 Å². The predicted molar refractivity (Wildman–Crippen MR) is 85.6 cm³/mol. The third-order valence-corrected chi connectivity index (χ3v) is 3.02. The van der Waals surface area contributed by atoms with Gasteiger partial charge in [0.15, 0.2) is 0 Å². The zero-order valence-electron chi connectivity index (χ0n) is 11.9. The van der Waals surface area contributed by atoms with Gasteiger partial charge in [-0.3, -0.25) is 0 Å². The Balaban J connectivity index is 1.89. The van der Waals surface area contributed by atoms with E-state index in [2.05, 4.69) is 10.6 Å². The molecule has 110 valence electrons. The zero-order valence-corrected chi connectivity index (χ0v) is 11.9. The number of ether oxygens (including phenoxy) is 1. The number of carbonyl (C=O) groups is 1. The molecule has 0 aliphatic heterocycles. The van der Waals surface area contributed by atoms with Crippen LogP contribution in [0.5, 0.6) is 0 Å². The highest BCUT2D eigenvalue weighted by Gasteiger charge is 2.07. The summed E-state index contributed by atoms with van der Waals surface area (Å²) in [6.07, 6.45) is 0. The van der Waals surface area contributed by atoms with Gasteiger partial charge in [0.2, 0.25) is 0 Å². The van der Waals surface area contributed by atoms with Crippen molar-refractivity contribution in [3.05, 3.63) is 54.1 Å². The minimum atomic E-state index is -0.375. The van der Waals surface area contributed by atoms with E-state index in [0.717, 1.165) is 17.9 Å². The van der Waals surface area contributed by atoms with Gasteiger partial charge < -0.3 is 21.1 Å². The van der Waals surface area contributed by atoms with Crippen LogP contribution in [-0.2, 0) is 4.74 Å². The van der Waals surface area contributed by atoms with Gasteiger partial charge in [0.1, 0.15) is 0 Å². The summed E-state index contributed by atoms with van der Waals surface area (Å²) < 4.78 is 4.69. The minimum Gasteiger partial charge on any atom is -0.465 e. The lowest BCUT2D eigenvalue weighted by molar-refractivity contribution is 0.0601. The van der Waals surface area contributed by atoms with Crippen molar-refractivity contribution in [2.75, 3.05) is 36.6 Å². The van der Waals surface area contributed by atoms with Crippen molar-refractivity contribution in [1.29, 1.82) is 0 Å². The molecule has 2 aromatic carbocycles. The Hall–Kier alpha value is -2.69. The van der Waals surface area contributed by atoms with Crippen molar-refractivity contribution >= 4 is 23.0 Å². The third-order valence-electron chi connectivity index (χ3n) is 3.02. The van der Waals surface area contributed by atoms with Gasteiger partial charge in [-0.2, -0.15) is 0 Å². The molecule has 5 heteroatoms. The molecule has 21 heavy (non-hydrogen) atoms. The van der Waals surface area contributed by atoms with E-state index in [1.54, 1.807) is 18.2 Å². The van der Waals surface area contributed by atoms with Crippen molar-refractivity contribution in [1.82, 2.24) is 0 Å². The lowest BCUT2D eigenvalue weighted by Gasteiger charge is -2.12. The Morgan fingerprint density at radius 1 is 1.10 bits per heavy atom. The zero-order chi connectivity index (χ0) is 15.1. The van der Waals surface area contributed by atoms with E-state index in [4.69, 9.17) is 10.5 Å². The van der Waals surface area contributed by atoms with Crippen LogP contribution in [0.3, 0.4) is 0 Å². The highest BCUT2D eigenvalue weighted by atomic mass is 16.5. The van der Waals surface area contributed by atoms with Gasteiger partial charge >= 0.3 is 5.97 Å². The second-order valence-corrected chi connectivity index (χ2v) is 4.51. The quantitative estimate of drug-likeness (QED) is 0.432. The van der Waals surface area contributed by atoms with Crippen LogP contribution in [0.15, 0.2) is 48.5 Å². The average Bonchev–Trinajstić information content (AvgIpc) is 2.53. The molecule has 0 aliphatic rings.